The molecule has 2 atom stereocenters. The van der Waals surface area contributed by atoms with Gasteiger partial charge in [0.15, 0.2) is 5.60 Å². The average molecular weight is 264 g/mol. The van der Waals surface area contributed by atoms with Crippen LogP contribution in [0, 0.1) is 13.8 Å². The van der Waals surface area contributed by atoms with Crippen LogP contribution >= 0.6 is 0 Å². The minimum Gasteiger partial charge on any atom is -0.464 e. The van der Waals surface area contributed by atoms with Gasteiger partial charge in [-0.15, -0.1) is 0 Å². The maximum atomic E-state index is 12.0. The summed E-state index contributed by atoms with van der Waals surface area (Å²) in [6.45, 7) is 9.72. The number of rotatable bonds is 5. The lowest BCUT2D eigenvalue weighted by atomic mass is 9.80. The smallest absolute Gasteiger partial charge is 0.338 e. The van der Waals surface area contributed by atoms with Gasteiger partial charge in [-0.3, -0.25) is 0 Å². The van der Waals surface area contributed by atoms with Gasteiger partial charge in [-0.2, -0.15) is 0 Å². The van der Waals surface area contributed by atoms with Crippen LogP contribution in [0.1, 0.15) is 49.8 Å². The molecule has 0 aromatic heterocycles. The second-order valence-corrected chi connectivity index (χ2v) is 5.14. The van der Waals surface area contributed by atoms with Crippen molar-refractivity contribution in [1.82, 2.24) is 0 Å². The van der Waals surface area contributed by atoms with Gasteiger partial charge in [-0.1, -0.05) is 43.2 Å². The van der Waals surface area contributed by atoms with Crippen molar-refractivity contribution in [3.05, 3.63) is 34.9 Å². The number of hydrogen-bond donors (Lipinski definition) is 1. The first-order valence-electron chi connectivity index (χ1n) is 6.83. The van der Waals surface area contributed by atoms with Crippen LogP contribution in [-0.4, -0.2) is 23.3 Å². The van der Waals surface area contributed by atoms with Crippen molar-refractivity contribution in [1.29, 1.82) is 0 Å². The van der Waals surface area contributed by atoms with Crippen molar-refractivity contribution in [3.8, 4) is 0 Å². The summed E-state index contributed by atoms with van der Waals surface area (Å²) in [5, 5.41) is 10.6. The lowest BCUT2D eigenvalue weighted by Crippen LogP contribution is -2.44. The molecule has 19 heavy (non-hydrogen) atoms. The monoisotopic (exact) mass is 264 g/mol. The van der Waals surface area contributed by atoms with Gasteiger partial charge in [0.1, 0.15) is 0 Å². The molecule has 0 amide bonds. The summed E-state index contributed by atoms with van der Waals surface area (Å²) in [6.07, 6.45) is 0.333. The number of aliphatic hydroxyl groups is 1. The summed E-state index contributed by atoms with van der Waals surface area (Å²) in [4.78, 5) is 12.0. The van der Waals surface area contributed by atoms with Gasteiger partial charge >= 0.3 is 5.97 Å². The van der Waals surface area contributed by atoms with E-state index in [1.807, 2.05) is 32.9 Å². The number of ether oxygens (including phenoxy) is 1. The number of esters is 1. The third-order valence-electron chi connectivity index (χ3n) is 3.63. The van der Waals surface area contributed by atoms with Crippen LogP contribution in [0.3, 0.4) is 0 Å². The van der Waals surface area contributed by atoms with E-state index in [2.05, 4.69) is 6.07 Å². The molecular weight excluding hydrogens is 240 g/mol. The first-order chi connectivity index (χ1) is 8.85. The summed E-state index contributed by atoms with van der Waals surface area (Å²) in [6, 6.07) is 6.10. The molecule has 3 heteroatoms. The lowest BCUT2D eigenvalue weighted by molar-refractivity contribution is -0.167. The van der Waals surface area contributed by atoms with Gasteiger partial charge in [-0.25, -0.2) is 4.79 Å². The fourth-order valence-corrected chi connectivity index (χ4v) is 2.42. The Morgan fingerprint density at radius 2 is 1.79 bits per heavy atom. The van der Waals surface area contributed by atoms with Gasteiger partial charge in [-0.05, 0) is 32.8 Å². The van der Waals surface area contributed by atoms with E-state index in [1.54, 1.807) is 13.8 Å². The maximum absolute atomic E-state index is 12.0. The molecule has 0 saturated carbocycles. The second kappa shape index (κ2) is 6.20. The molecule has 1 aromatic rings. The number of benzene rings is 1. The fourth-order valence-electron chi connectivity index (χ4n) is 2.42. The van der Waals surface area contributed by atoms with E-state index in [-0.39, 0.29) is 12.5 Å². The molecule has 0 spiro atoms. The fraction of sp³-hybridized carbons (Fsp3) is 0.562. The lowest BCUT2D eigenvalue weighted by Gasteiger charge is -2.31. The first-order valence-corrected chi connectivity index (χ1v) is 6.83. The summed E-state index contributed by atoms with van der Waals surface area (Å²) in [5.41, 5.74) is 1.76. The van der Waals surface area contributed by atoms with Crippen molar-refractivity contribution in [3.63, 3.8) is 0 Å². The highest BCUT2D eigenvalue weighted by Crippen LogP contribution is 2.33. The minimum atomic E-state index is -1.46. The van der Waals surface area contributed by atoms with E-state index >= 15 is 0 Å². The molecule has 3 nitrogen and oxygen atoms in total. The Bertz CT molecular complexity index is 433. The van der Waals surface area contributed by atoms with Crippen molar-refractivity contribution >= 4 is 5.97 Å². The van der Waals surface area contributed by atoms with Crippen LogP contribution in [0.25, 0.3) is 0 Å². The highest BCUT2D eigenvalue weighted by molar-refractivity contribution is 5.80. The van der Waals surface area contributed by atoms with Crippen molar-refractivity contribution < 1.29 is 14.6 Å². The van der Waals surface area contributed by atoms with E-state index in [0.29, 0.717) is 6.42 Å². The predicted octanol–water partition coefficient (Wildman–Crippen LogP) is 3.11. The minimum absolute atomic E-state index is 0.278. The standard InChI is InChI=1S/C16H24O3/c1-6-16(18,15(17)19-7-2)13(5)14-9-11(3)8-12(4)10-14/h8-10,13,18H,6-7H2,1-5H3. The molecule has 1 rings (SSSR count). The summed E-state index contributed by atoms with van der Waals surface area (Å²) in [7, 11) is 0. The van der Waals surface area contributed by atoms with Crippen LogP contribution in [0.4, 0.5) is 0 Å². The highest BCUT2D eigenvalue weighted by atomic mass is 16.5. The highest BCUT2D eigenvalue weighted by Gasteiger charge is 2.42. The number of aryl methyl sites for hydroxylation is 2. The molecule has 1 aromatic carbocycles. The molecule has 0 aliphatic heterocycles. The summed E-state index contributed by atoms with van der Waals surface area (Å²) < 4.78 is 5.01. The molecule has 0 aliphatic rings. The Morgan fingerprint density at radius 1 is 1.26 bits per heavy atom. The molecule has 0 aliphatic carbocycles. The Kier molecular flexibility index (Phi) is 5.12. The van der Waals surface area contributed by atoms with Gasteiger partial charge in [0.2, 0.25) is 0 Å². The molecule has 0 saturated heterocycles. The topological polar surface area (TPSA) is 46.5 Å². The second-order valence-electron chi connectivity index (χ2n) is 5.14. The van der Waals surface area contributed by atoms with Crippen LogP contribution < -0.4 is 0 Å². The zero-order valence-electron chi connectivity index (χ0n) is 12.5. The number of carbonyl (C=O) groups is 1. The number of hydrogen-bond acceptors (Lipinski definition) is 3. The zero-order valence-corrected chi connectivity index (χ0v) is 12.5. The Labute approximate surface area is 115 Å². The van der Waals surface area contributed by atoms with E-state index in [1.165, 1.54) is 0 Å². The van der Waals surface area contributed by atoms with Gasteiger partial charge in [0.25, 0.3) is 0 Å². The van der Waals surface area contributed by atoms with Crippen molar-refractivity contribution in [2.24, 2.45) is 0 Å². The third kappa shape index (κ3) is 3.35. The van der Waals surface area contributed by atoms with Crippen LogP contribution in [0.5, 0.6) is 0 Å². The molecule has 0 bridgehead atoms. The van der Waals surface area contributed by atoms with Crippen LogP contribution in [-0.2, 0) is 9.53 Å². The van der Waals surface area contributed by atoms with Gasteiger partial charge < -0.3 is 9.84 Å². The maximum Gasteiger partial charge on any atom is 0.338 e. The number of carbonyl (C=O) groups excluding carboxylic acids is 1. The summed E-state index contributed by atoms with van der Waals surface area (Å²) >= 11 is 0. The molecule has 0 heterocycles. The summed E-state index contributed by atoms with van der Waals surface area (Å²) in [5.74, 6) is -0.834. The van der Waals surface area contributed by atoms with E-state index in [9.17, 15) is 9.90 Å². The zero-order chi connectivity index (χ0) is 14.6. The molecule has 0 fully saturated rings. The van der Waals surface area contributed by atoms with Gasteiger partial charge in [0, 0.05) is 5.92 Å². The molecule has 1 N–H and O–H groups in total. The van der Waals surface area contributed by atoms with Crippen LogP contribution in [0.15, 0.2) is 18.2 Å². The van der Waals surface area contributed by atoms with Crippen LogP contribution in [0.2, 0.25) is 0 Å². The Hall–Kier alpha value is -1.35. The molecule has 2 unspecified atom stereocenters. The molecular formula is C16H24O3. The first kappa shape index (κ1) is 15.7. The molecule has 106 valence electrons. The van der Waals surface area contributed by atoms with Crippen molar-refractivity contribution in [2.75, 3.05) is 6.61 Å². The average Bonchev–Trinajstić information content (AvgIpc) is 2.36. The predicted molar refractivity (Wildman–Crippen MR) is 76.2 cm³/mol. The van der Waals surface area contributed by atoms with Crippen molar-refractivity contribution in [2.45, 2.75) is 52.6 Å². The Balaban J connectivity index is 3.13. The van der Waals surface area contributed by atoms with E-state index in [4.69, 9.17) is 4.74 Å². The van der Waals surface area contributed by atoms with E-state index in [0.717, 1.165) is 16.7 Å². The third-order valence-corrected chi connectivity index (χ3v) is 3.63. The largest absolute Gasteiger partial charge is 0.464 e. The van der Waals surface area contributed by atoms with Gasteiger partial charge in [0.05, 0.1) is 6.61 Å². The SMILES string of the molecule is CCOC(=O)C(O)(CC)C(C)c1cc(C)cc(C)c1. The normalized spacial score (nSPS) is 15.7. The van der Waals surface area contributed by atoms with E-state index < -0.39 is 11.6 Å². The quantitative estimate of drug-likeness (QED) is 0.831. The Morgan fingerprint density at radius 3 is 2.21 bits per heavy atom. The molecule has 0 radical (unpaired) electrons.